The number of oxazole rings is 1. The van der Waals surface area contributed by atoms with E-state index in [1.165, 1.54) is 6.20 Å². The molecule has 0 saturated heterocycles. The van der Waals surface area contributed by atoms with Crippen LogP contribution in [0.5, 0.6) is 0 Å². The average molecular weight is 317 g/mol. The van der Waals surface area contributed by atoms with Gasteiger partial charge < -0.3 is 4.42 Å². The first-order valence-corrected chi connectivity index (χ1v) is 7.30. The number of rotatable bonds is 3. The Hall–Kier alpha value is -2.57. The highest BCUT2D eigenvalue weighted by Gasteiger charge is 2.29. The van der Waals surface area contributed by atoms with Gasteiger partial charge in [0.1, 0.15) is 5.69 Å². The van der Waals surface area contributed by atoms with Gasteiger partial charge in [-0.05, 0) is 30.4 Å². The summed E-state index contributed by atoms with van der Waals surface area (Å²) in [5, 5.41) is 0. The number of H-pyrrole nitrogens is 1. The minimum atomic E-state index is -3.04. The number of nitrogens with zero attached hydrogens (tertiary/aromatic N) is 2. The molecule has 0 unspecified atom stereocenters. The lowest BCUT2D eigenvalue weighted by Gasteiger charge is -2.09. The van der Waals surface area contributed by atoms with Crippen molar-refractivity contribution >= 4 is 11.1 Å². The zero-order chi connectivity index (χ0) is 16.2. The van der Waals surface area contributed by atoms with Gasteiger partial charge in [-0.25, -0.2) is 4.79 Å². The number of fused-ring (bicyclic) bond motifs is 1. The van der Waals surface area contributed by atoms with Crippen LogP contribution in [0.3, 0.4) is 0 Å². The van der Waals surface area contributed by atoms with Crippen LogP contribution >= 0.6 is 0 Å². The third kappa shape index (κ3) is 2.42. The summed E-state index contributed by atoms with van der Waals surface area (Å²) in [6.45, 7) is 0.768. The van der Waals surface area contributed by atoms with E-state index in [2.05, 4.69) is 15.0 Å². The van der Waals surface area contributed by atoms with Crippen LogP contribution < -0.4 is 5.76 Å². The van der Waals surface area contributed by atoms with Gasteiger partial charge in [0, 0.05) is 12.5 Å². The molecule has 0 bridgehead atoms. The molecule has 1 aliphatic rings. The quantitative estimate of drug-likeness (QED) is 0.801. The molecule has 3 aromatic rings. The number of aromatic amines is 1. The fraction of sp³-hybridized carbons (Fsp3) is 0.312. The van der Waals surface area contributed by atoms with Crippen LogP contribution in [0.4, 0.5) is 8.78 Å². The topological polar surface area (TPSA) is 71.8 Å². The number of alkyl halides is 2. The molecule has 118 valence electrons. The lowest BCUT2D eigenvalue weighted by Crippen LogP contribution is -2.10. The largest absolute Gasteiger partial charge is 0.417 e. The first-order valence-electron chi connectivity index (χ1n) is 7.30. The molecule has 4 rings (SSSR count). The Bertz CT molecular complexity index is 935. The molecule has 2 aromatic heterocycles. The summed E-state index contributed by atoms with van der Waals surface area (Å²) in [6, 6.07) is 3.71. The average Bonchev–Trinajstić information content (AvgIpc) is 3.26. The molecule has 1 aromatic carbocycles. The molecule has 5 nitrogen and oxygen atoms in total. The van der Waals surface area contributed by atoms with Gasteiger partial charge in [-0.15, -0.1) is 0 Å². The van der Waals surface area contributed by atoms with Crippen LogP contribution in [0.15, 0.2) is 33.7 Å². The number of benzene rings is 1. The van der Waals surface area contributed by atoms with E-state index < -0.39 is 17.4 Å². The van der Waals surface area contributed by atoms with E-state index in [0.717, 1.165) is 31.5 Å². The van der Waals surface area contributed by atoms with Gasteiger partial charge >= 0.3 is 5.76 Å². The highest BCUT2D eigenvalue weighted by molar-refractivity contribution is 5.91. The Labute approximate surface area is 129 Å². The Morgan fingerprint density at radius 1 is 1.26 bits per heavy atom. The van der Waals surface area contributed by atoms with Gasteiger partial charge in [0.05, 0.1) is 23.6 Å². The third-order valence-corrected chi connectivity index (χ3v) is 4.01. The van der Waals surface area contributed by atoms with Crippen molar-refractivity contribution < 1.29 is 13.2 Å². The van der Waals surface area contributed by atoms with E-state index in [1.54, 1.807) is 6.07 Å². The summed E-state index contributed by atoms with van der Waals surface area (Å²) in [5.41, 5.74) is 2.63. The molecule has 0 atom stereocenters. The lowest BCUT2D eigenvalue weighted by molar-refractivity contribution is 0.0124. The van der Waals surface area contributed by atoms with Gasteiger partial charge in [0.15, 0.2) is 5.58 Å². The van der Waals surface area contributed by atoms with Gasteiger partial charge in [-0.3, -0.25) is 15.0 Å². The van der Waals surface area contributed by atoms with Crippen molar-refractivity contribution in [2.75, 3.05) is 0 Å². The summed E-state index contributed by atoms with van der Waals surface area (Å²) in [4.78, 5) is 22.1. The summed E-state index contributed by atoms with van der Waals surface area (Å²) in [5.74, 6) is -3.15. The van der Waals surface area contributed by atoms with Crippen LogP contribution in [0, 0.1) is 0 Å². The second kappa shape index (κ2) is 4.71. The zero-order valence-electron chi connectivity index (χ0n) is 12.3. The predicted octanol–water partition coefficient (Wildman–Crippen LogP) is 3.57. The van der Waals surface area contributed by atoms with E-state index in [1.807, 2.05) is 6.07 Å². The summed E-state index contributed by atoms with van der Waals surface area (Å²) in [7, 11) is 0. The monoisotopic (exact) mass is 317 g/mol. The van der Waals surface area contributed by atoms with Crippen molar-refractivity contribution in [2.24, 2.45) is 0 Å². The molecular weight excluding hydrogens is 304 g/mol. The van der Waals surface area contributed by atoms with Crippen molar-refractivity contribution in [3.63, 3.8) is 0 Å². The summed E-state index contributed by atoms with van der Waals surface area (Å²) >= 11 is 0. The Balaban J connectivity index is 1.86. The number of hydrogen-bond acceptors (Lipinski definition) is 4. The lowest BCUT2D eigenvalue weighted by atomic mass is 10.0. The van der Waals surface area contributed by atoms with Gasteiger partial charge in [0.2, 0.25) is 0 Å². The van der Waals surface area contributed by atoms with E-state index in [4.69, 9.17) is 4.42 Å². The van der Waals surface area contributed by atoms with E-state index in [0.29, 0.717) is 28.3 Å². The number of halogens is 2. The molecule has 2 heterocycles. The maximum absolute atomic E-state index is 13.2. The highest BCUT2D eigenvalue weighted by Crippen LogP contribution is 2.44. The van der Waals surface area contributed by atoms with Crippen LogP contribution in [-0.2, 0) is 5.92 Å². The molecule has 7 heteroatoms. The van der Waals surface area contributed by atoms with E-state index in [9.17, 15) is 13.6 Å². The van der Waals surface area contributed by atoms with Crippen LogP contribution in [-0.4, -0.2) is 15.0 Å². The first-order chi connectivity index (χ1) is 10.9. The SMILES string of the molecule is CC(F)(F)c1cnc(-c2ccc(C3CC3)c3[nH]c(=O)oc23)cn1. The number of nitrogens with one attached hydrogen (secondary N) is 1. The van der Waals surface area contributed by atoms with E-state index in [-0.39, 0.29) is 0 Å². The van der Waals surface area contributed by atoms with Crippen LogP contribution in [0.25, 0.3) is 22.4 Å². The molecule has 1 fully saturated rings. The Morgan fingerprint density at radius 3 is 2.65 bits per heavy atom. The summed E-state index contributed by atoms with van der Waals surface area (Å²) < 4.78 is 31.7. The normalized spacial score (nSPS) is 15.3. The summed E-state index contributed by atoms with van der Waals surface area (Å²) in [6.07, 6.45) is 4.48. The van der Waals surface area contributed by atoms with Gasteiger partial charge in [0.25, 0.3) is 5.92 Å². The fourth-order valence-corrected chi connectivity index (χ4v) is 2.68. The zero-order valence-corrected chi connectivity index (χ0v) is 12.3. The minimum absolute atomic E-state index is 0.382. The van der Waals surface area contributed by atoms with Crippen molar-refractivity contribution in [1.29, 1.82) is 0 Å². The molecule has 23 heavy (non-hydrogen) atoms. The molecule has 0 amide bonds. The van der Waals surface area contributed by atoms with Crippen molar-refractivity contribution in [3.8, 4) is 11.3 Å². The maximum Gasteiger partial charge on any atom is 0.417 e. The van der Waals surface area contributed by atoms with Gasteiger partial charge in [-0.1, -0.05) is 6.07 Å². The van der Waals surface area contributed by atoms with Crippen molar-refractivity contribution in [1.82, 2.24) is 15.0 Å². The van der Waals surface area contributed by atoms with Crippen molar-refractivity contribution in [2.45, 2.75) is 31.6 Å². The molecule has 0 radical (unpaired) electrons. The molecular formula is C16H13F2N3O2. The second-order valence-electron chi connectivity index (χ2n) is 5.87. The van der Waals surface area contributed by atoms with E-state index >= 15 is 0 Å². The Morgan fingerprint density at radius 2 is 2.04 bits per heavy atom. The second-order valence-corrected chi connectivity index (χ2v) is 5.87. The molecule has 1 N–H and O–H groups in total. The van der Waals surface area contributed by atoms with Crippen LogP contribution in [0.1, 0.15) is 36.9 Å². The molecule has 0 spiro atoms. The standard InChI is InChI=1S/C16H13F2N3O2/c1-16(17,18)12-7-19-11(6-20-12)10-5-4-9(8-2-3-8)13-14(10)23-15(22)21-13/h4-8H,2-3H2,1H3,(H,21,22). The van der Waals surface area contributed by atoms with Crippen molar-refractivity contribution in [3.05, 3.63) is 46.3 Å². The number of hydrogen-bond donors (Lipinski definition) is 1. The van der Waals surface area contributed by atoms with Gasteiger partial charge in [-0.2, -0.15) is 8.78 Å². The third-order valence-electron chi connectivity index (χ3n) is 4.01. The molecule has 1 aliphatic carbocycles. The fourth-order valence-electron chi connectivity index (χ4n) is 2.68. The number of aromatic nitrogens is 3. The smallest absolute Gasteiger partial charge is 0.407 e. The maximum atomic E-state index is 13.2. The first kappa shape index (κ1) is 14.0. The minimum Gasteiger partial charge on any atom is -0.407 e. The molecule has 1 saturated carbocycles. The predicted molar refractivity (Wildman–Crippen MR) is 79.4 cm³/mol. The Kier molecular flexibility index (Phi) is 2.88. The molecule has 0 aliphatic heterocycles. The van der Waals surface area contributed by atoms with Crippen LogP contribution in [0.2, 0.25) is 0 Å². The highest BCUT2D eigenvalue weighted by atomic mass is 19.3.